The fourth-order valence-electron chi connectivity index (χ4n) is 1.77. The number of nitrogens with zero attached hydrogens (tertiary/aromatic N) is 4. The Morgan fingerprint density at radius 1 is 1.20 bits per heavy atom. The predicted molar refractivity (Wildman–Crippen MR) is 74.4 cm³/mol. The summed E-state index contributed by atoms with van der Waals surface area (Å²) >= 11 is 0. The zero-order chi connectivity index (χ0) is 14.2. The lowest BCUT2D eigenvalue weighted by atomic mass is 10.2. The average Bonchev–Trinajstić information content (AvgIpc) is 2.47. The van der Waals surface area contributed by atoms with Crippen molar-refractivity contribution in [2.75, 3.05) is 13.6 Å². The van der Waals surface area contributed by atoms with Gasteiger partial charge in [-0.05, 0) is 30.8 Å². The molecule has 0 saturated carbocycles. The summed E-state index contributed by atoms with van der Waals surface area (Å²) in [7, 11) is 1.91. The molecular formula is C14H17N5O. The largest absolute Gasteiger partial charge is 0.349 e. The van der Waals surface area contributed by atoms with E-state index in [-0.39, 0.29) is 5.91 Å². The SMILES string of the molecule is CN(CC(=O)NCc1ccncn1)Cc1ccncc1. The Morgan fingerprint density at radius 3 is 2.65 bits per heavy atom. The van der Waals surface area contributed by atoms with Gasteiger partial charge in [-0.3, -0.25) is 14.7 Å². The molecular weight excluding hydrogens is 254 g/mol. The Bertz CT molecular complexity index is 532. The Kier molecular flexibility index (Phi) is 5.14. The van der Waals surface area contributed by atoms with E-state index < -0.39 is 0 Å². The first-order chi connectivity index (χ1) is 9.74. The highest BCUT2D eigenvalue weighted by Crippen LogP contribution is 2.00. The number of hydrogen-bond donors (Lipinski definition) is 1. The van der Waals surface area contributed by atoms with E-state index in [0.29, 0.717) is 19.6 Å². The van der Waals surface area contributed by atoms with Crippen LogP contribution < -0.4 is 5.32 Å². The summed E-state index contributed by atoms with van der Waals surface area (Å²) in [6.07, 6.45) is 6.62. The standard InChI is InChI=1S/C14H17N5O/c1-19(9-12-2-5-15-6-3-12)10-14(20)17-8-13-4-7-16-11-18-13/h2-7,11H,8-10H2,1H3,(H,17,20). The van der Waals surface area contributed by atoms with Gasteiger partial charge in [0.1, 0.15) is 6.33 Å². The molecule has 0 spiro atoms. The minimum absolute atomic E-state index is 0.0276. The van der Waals surface area contributed by atoms with Crippen LogP contribution in [0, 0.1) is 0 Å². The number of rotatable bonds is 6. The molecule has 0 bridgehead atoms. The Labute approximate surface area is 117 Å². The monoisotopic (exact) mass is 271 g/mol. The van der Waals surface area contributed by atoms with Crippen molar-refractivity contribution in [2.24, 2.45) is 0 Å². The summed E-state index contributed by atoms with van der Waals surface area (Å²) < 4.78 is 0. The summed E-state index contributed by atoms with van der Waals surface area (Å²) in [6.45, 7) is 1.47. The third-order valence-electron chi connectivity index (χ3n) is 2.73. The molecule has 2 rings (SSSR count). The zero-order valence-corrected chi connectivity index (χ0v) is 11.4. The van der Waals surface area contributed by atoms with Crippen molar-refractivity contribution in [3.63, 3.8) is 0 Å². The van der Waals surface area contributed by atoms with Crippen molar-refractivity contribution in [3.8, 4) is 0 Å². The van der Waals surface area contributed by atoms with Crippen LogP contribution in [-0.2, 0) is 17.9 Å². The van der Waals surface area contributed by atoms with Crippen LogP contribution in [0.2, 0.25) is 0 Å². The van der Waals surface area contributed by atoms with Crippen LogP contribution in [0.25, 0.3) is 0 Å². The van der Waals surface area contributed by atoms with Gasteiger partial charge in [-0.25, -0.2) is 9.97 Å². The molecule has 0 aliphatic carbocycles. The highest BCUT2D eigenvalue weighted by molar-refractivity contribution is 5.77. The van der Waals surface area contributed by atoms with E-state index in [1.165, 1.54) is 6.33 Å². The molecule has 0 saturated heterocycles. The van der Waals surface area contributed by atoms with Gasteiger partial charge in [0.2, 0.25) is 5.91 Å². The second-order valence-corrected chi connectivity index (χ2v) is 4.51. The lowest BCUT2D eigenvalue weighted by molar-refractivity contribution is -0.122. The Hall–Kier alpha value is -2.34. The number of amides is 1. The predicted octanol–water partition coefficient (Wildman–Crippen LogP) is 0.620. The van der Waals surface area contributed by atoms with Crippen molar-refractivity contribution in [1.29, 1.82) is 0 Å². The lowest BCUT2D eigenvalue weighted by Crippen LogP contribution is -2.34. The fraction of sp³-hybridized carbons (Fsp3) is 0.286. The molecule has 6 heteroatoms. The lowest BCUT2D eigenvalue weighted by Gasteiger charge is -2.16. The number of carbonyl (C=O) groups excluding carboxylic acids is 1. The van der Waals surface area contributed by atoms with Crippen molar-refractivity contribution in [2.45, 2.75) is 13.1 Å². The number of nitrogens with one attached hydrogen (secondary N) is 1. The first-order valence-electron chi connectivity index (χ1n) is 6.33. The van der Waals surface area contributed by atoms with Gasteiger partial charge in [-0.15, -0.1) is 0 Å². The minimum Gasteiger partial charge on any atom is -0.349 e. The van der Waals surface area contributed by atoms with Crippen LogP contribution in [0.4, 0.5) is 0 Å². The van der Waals surface area contributed by atoms with E-state index in [1.54, 1.807) is 24.7 Å². The Morgan fingerprint density at radius 2 is 1.95 bits per heavy atom. The zero-order valence-electron chi connectivity index (χ0n) is 11.4. The van der Waals surface area contributed by atoms with E-state index in [4.69, 9.17) is 0 Å². The molecule has 104 valence electrons. The molecule has 1 N–H and O–H groups in total. The van der Waals surface area contributed by atoms with Crippen molar-refractivity contribution in [3.05, 3.63) is 54.4 Å². The second-order valence-electron chi connectivity index (χ2n) is 4.51. The third kappa shape index (κ3) is 4.74. The molecule has 6 nitrogen and oxygen atoms in total. The number of pyridine rings is 1. The van der Waals surface area contributed by atoms with Gasteiger partial charge in [0, 0.05) is 25.1 Å². The topological polar surface area (TPSA) is 71.0 Å². The highest BCUT2D eigenvalue weighted by Gasteiger charge is 2.07. The number of likely N-dealkylation sites (N-methyl/N-ethyl adjacent to an activating group) is 1. The van der Waals surface area contributed by atoms with E-state index in [1.807, 2.05) is 24.1 Å². The van der Waals surface area contributed by atoms with E-state index in [9.17, 15) is 4.79 Å². The molecule has 2 aromatic rings. The van der Waals surface area contributed by atoms with Crippen LogP contribution in [0.3, 0.4) is 0 Å². The molecule has 0 aromatic carbocycles. The number of hydrogen-bond acceptors (Lipinski definition) is 5. The van der Waals surface area contributed by atoms with Crippen molar-refractivity contribution < 1.29 is 4.79 Å². The molecule has 0 radical (unpaired) electrons. The number of carbonyl (C=O) groups is 1. The number of aromatic nitrogens is 3. The fourth-order valence-corrected chi connectivity index (χ4v) is 1.77. The van der Waals surface area contributed by atoms with Crippen molar-refractivity contribution in [1.82, 2.24) is 25.2 Å². The molecule has 0 aliphatic rings. The summed E-state index contributed by atoms with van der Waals surface area (Å²) in [6, 6.07) is 5.66. The maximum Gasteiger partial charge on any atom is 0.234 e. The van der Waals surface area contributed by atoms with Crippen LogP contribution in [0.15, 0.2) is 43.1 Å². The Balaban J connectivity index is 1.74. The normalized spacial score (nSPS) is 10.5. The first-order valence-corrected chi connectivity index (χ1v) is 6.33. The summed E-state index contributed by atoms with van der Waals surface area (Å²) in [4.78, 5) is 25.6. The van der Waals surface area contributed by atoms with Gasteiger partial charge >= 0.3 is 0 Å². The van der Waals surface area contributed by atoms with Gasteiger partial charge in [-0.2, -0.15) is 0 Å². The smallest absolute Gasteiger partial charge is 0.234 e. The molecule has 1 amide bonds. The molecule has 2 aromatic heterocycles. The first kappa shape index (κ1) is 14.1. The molecule has 20 heavy (non-hydrogen) atoms. The van der Waals surface area contributed by atoms with E-state index >= 15 is 0 Å². The average molecular weight is 271 g/mol. The second kappa shape index (κ2) is 7.30. The summed E-state index contributed by atoms with van der Waals surface area (Å²) in [5, 5.41) is 2.83. The van der Waals surface area contributed by atoms with Gasteiger partial charge in [0.05, 0.1) is 18.8 Å². The maximum absolute atomic E-state index is 11.8. The van der Waals surface area contributed by atoms with Crippen LogP contribution >= 0.6 is 0 Å². The van der Waals surface area contributed by atoms with E-state index in [2.05, 4.69) is 20.3 Å². The third-order valence-corrected chi connectivity index (χ3v) is 2.73. The van der Waals surface area contributed by atoms with Gasteiger partial charge < -0.3 is 5.32 Å². The molecule has 0 atom stereocenters. The molecule has 0 aliphatic heterocycles. The summed E-state index contributed by atoms with van der Waals surface area (Å²) in [5.41, 5.74) is 1.93. The molecule has 0 fully saturated rings. The molecule has 0 unspecified atom stereocenters. The van der Waals surface area contributed by atoms with Crippen LogP contribution in [0.5, 0.6) is 0 Å². The maximum atomic E-state index is 11.8. The van der Waals surface area contributed by atoms with Crippen LogP contribution in [0.1, 0.15) is 11.3 Å². The highest BCUT2D eigenvalue weighted by atomic mass is 16.2. The van der Waals surface area contributed by atoms with Gasteiger partial charge in [0.25, 0.3) is 0 Å². The van der Waals surface area contributed by atoms with Crippen molar-refractivity contribution >= 4 is 5.91 Å². The minimum atomic E-state index is -0.0276. The van der Waals surface area contributed by atoms with Crippen LogP contribution in [-0.4, -0.2) is 39.4 Å². The molecule has 2 heterocycles. The quantitative estimate of drug-likeness (QED) is 0.834. The summed E-state index contributed by atoms with van der Waals surface area (Å²) in [5.74, 6) is -0.0276. The van der Waals surface area contributed by atoms with Gasteiger partial charge in [0.15, 0.2) is 0 Å². The van der Waals surface area contributed by atoms with E-state index in [0.717, 1.165) is 11.3 Å². The van der Waals surface area contributed by atoms with Gasteiger partial charge in [-0.1, -0.05) is 0 Å².